The molecule has 3 nitrogen and oxygen atoms in total. The van der Waals surface area contributed by atoms with Gasteiger partial charge in [-0.05, 0) is 41.5 Å². The molecule has 0 saturated carbocycles. The van der Waals surface area contributed by atoms with Crippen molar-refractivity contribution >= 4 is 38.0 Å². The molecule has 0 fully saturated rings. The molecule has 0 bridgehead atoms. The summed E-state index contributed by atoms with van der Waals surface area (Å²) < 4.78 is 6.51. The van der Waals surface area contributed by atoms with Crippen molar-refractivity contribution in [3.63, 3.8) is 0 Å². The molecular weight excluding hydrogens is 432 g/mol. The van der Waals surface area contributed by atoms with Gasteiger partial charge in [-0.1, -0.05) is 58.4 Å². The highest BCUT2D eigenvalue weighted by molar-refractivity contribution is 9.10. The molecular formula is C23H21BrN2OS. The molecule has 3 aromatic carbocycles. The van der Waals surface area contributed by atoms with Gasteiger partial charge in [-0.2, -0.15) is 0 Å². The third kappa shape index (κ3) is 3.97. The Morgan fingerprint density at radius 1 is 1.11 bits per heavy atom. The molecule has 0 amide bonds. The Labute approximate surface area is 177 Å². The van der Waals surface area contributed by atoms with Crippen LogP contribution in [0.25, 0.3) is 21.3 Å². The largest absolute Gasteiger partial charge is 0.496 e. The van der Waals surface area contributed by atoms with E-state index in [0.717, 1.165) is 33.0 Å². The van der Waals surface area contributed by atoms with Crippen molar-refractivity contribution in [2.45, 2.75) is 19.5 Å². The van der Waals surface area contributed by atoms with Gasteiger partial charge in [-0.15, -0.1) is 11.3 Å². The van der Waals surface area contributed by atoms with Gasteiger partial charge in [0.2, 0.25) is 0 Å². The summed E-state index contributed by atoms with van der Waals surface area (Å²) >= 11 is 5.17. The maximum absolute atomic E-state index is 5.49. The van der Waals surface area contributed by atoms with E-state index in [1.807, 2.05) is 18.2 Å². The Bertz CT molecular complexity index is 1100. The second kappa shape index (κ2) is 8.43. The molecule has 0 radical (unpaired) electrons. The number of ether oxygens (including phenoxy) is 1. The van der Waals surface area contributed by atoms with Gasteiger partial charge in [0.05, 0.1) is 18.4 Å². The molecule has 0 aliphatic carbocycles. The van der Waals surface area contributed by atoms with Crippen molar-refractivity contribution < 1.29 is 4.74 Å². The summed E-state index contributed by atoms with van der Waals surface area (Å²) in [6.45, 7) is 2.92. The first-order valence-electron chi connectivity index (χ1n) is 9.15. The van der Waals surface area contributed by atoms with Gasteiger partial charge in [0.1, 0.15) is 10.8 Å². The topological polar surface area (TPSA) is 34.1 Å². The van der Waals surface area contributed by atoms with E-state index in [-0.39, 0.29) is 6.04 Å². The highest BCUT2D eigenvalue weighted by Crippen LogP contribution is 2.34. The first kappa shape index (κ1) is 19.1. The summed E-state index contributed by atoms with van der Waals surface area (Å²) in [6, 6.07) is 21.2. The van der Waals surface area contributed by atoms with Crippen LogP contribution < -0.4 is 10.1 Å². The minimum Gasteiger partial charge on any atom is -0.496 e. The molecule has 4 aromatic rings. The van der Waals surface area contributed by atoms with Crippen molar-refractivity contribution in [3.8, 4) is 16.3 Å². The maximum Gasteiger partial charge on any atom is 0.129 e. The third-order valence-corrected chi connectivity index (χ3v) is 6.24. The second-order valence-corrected chi connectivity index (χ2v) is 8.43. The highest BCUT2D eigenvalue weighted by Gasteiger charge is 2.13. The SMILES string of the molecule is COc1ccc(Br)cc1-c1nc(CNC(C)c2cccc3ccccc23)cs1. The van der Waals surface area contributed by atoms with Crippen LogP contribution in [0.4, 0.5) is 0 Å². The Balaban J connectivity index is 1.51. The minimum atomic E-state index is 0.233. The summed E-state index contributed by atoms with van der Waals surface area (Å²) in [7, 11) is 1.69. The number of methoxy groups -OCH3 is 1. The number of hydrogen-bond acceptors (Lipinski definition) is 4. The lowest BCUT2D eigenvalue weighted by atomic mass is 10.00. The van der Waals surface area contributed by atoms with Gasteiger partial charge in [-0.25, -0.2) is 4.98 Å². The zero-order valence-electron chi connectivity index (χ0n) is 15.8. The molecule has 28 heavy (non-hydrogen) atoms. The van der Waals surface area contributed by atoms with Crippen LogP contribution in [-0.2, 0) is 6.54 Å². The van der Waals surface area contributed by atoms with Gasteiger partial charge in [0.15, 0.2) is 0 Å². The Morgan fingerprint density at radius 2 is 1.93 bits per heavy atom. The highest BCUT2D eigenvalue weighted by atomic mass is 79.9. The van der Waals surface area contributed by atoms with Crippen molar-refractivity contribution in [1.82, 2.24) is 10.3 Å². The van der Waals surface area contributed by atoms with Gasteiger partial charge in [0.25, 0.3) is 0 Å². The normalized spacial score (nSPS) is 12.2. The van der Waals surface area contributed by atoms with Crippen molar-refractivity contribution in [3.05, 3.63) is 81.8 Å². The maximum atomic E-state index is 5.49. The Hall–Kier alpha value is -2.21. The quantitative estimate of drug-likeness (QED) is 0.358. The van der Waals surface area contributed by atoms with Crippen LogP contribution in [0.1, 0.15) is 24.2 Å². The Kier molecular flexibility index (Phi) is 5.76. The monoisotopic (exact) mass is 452 g/mol. The fourth-order valence-corrected chi connectivity index (χ4v) is 4.56. The molecule has 4 rings (SSSR count). The predicted molar refractivity (Wildman–Crippen MR) is 121 cm³/mol. The van der Waals surface area contributed by atoms with Crippen molar-refractivity contribution in [2.24, 2.45) is 0 Å². The lowest BCUT2D eigenvalue weighted by Crippen LogP contribution is -2.18. The van der Waals surface area contributed by atoms with Crippen LogP contribution in [0.3, 0.4) is 0 Å². The van der Waals surface area contributed by atoms with Gasteiger partial charge < -0.3 is 10.1 Å². The summed E-state index contributed by atoms with van der Waals surface area (Å²) in [5.74, 6) is 0.834. The molecule has 0 saturated heterocycles. The predicted octanol–water partition coefficient (Wildman–Crippen LogP) is 6.59. The molecule has 1 unspecified atom stereocenters. The van der Waals surface area contributed by atoms with Crippen LogP contribution in [-0.4, -0.2) is 12.1 Å². The zero-order valence-corrected chi connectivity index (χ0v) is 18.2. The van der Waals surface area contributed by atoms with Gasteiger partial charge in [-0.3, -0.25) is 0 Å². The summed E-state index contributed by atoms with van der Waals surface area (Å²) in [5.41, 5.74) is 3.35. The number of benzene rings is 3. The second-order valence-electron chi connectivity index (χ2n) is 6.66. The van der Waals surface area contributed by atoms with Crippen LogP contribution in [0.5, 0.6) is 5.75 Å². The summed E-state index contributed by atoms with van der Waals surface area (Å²) in [4.78, 5) is 4.81. The number of thiazole rings is 1. The van der Waals surface area contributed by atoms with E-state index >= 15 is 0 Å². The molecule has 1 N–H and O–H groups in total. The fraction of sp³-hybridized carbons (Fsp3) is 0.174. The molecule has 1 atom stereocenters. The summed E-state index contributed by atoms with van der Waals surface area (Å²) in [5, 5.41) is 9.25. The molecule has 0 spiro atoms. The number of nitrogens with one attached hydrogen (secondary N) is 1. The standard InChI is InChI=1S/C23H21BrN2OS/c1-15(19-9-5-7-16-6-3-4-8-20(16)19)25-13-18-14-28-23(26-18)21-12-17(24)10-11-22(21)27-2/h3-12,14-15,25H,13H2,1-2H3. The van der Waals surface area contributed by atoms with E-state index < -0.39 is 0 Å². The van der Waals surface area contributed by atoms with Crippen LogP contribution in [0.2, 0.25) is 0 Å². The zero-order chi connectivity index (χ0) is 19.5. The number of hydrogen-bond donors (Lipinski definition) is 1. The van der Waals surface area contributed by atoms with Crippen molar-refractivity contribution in [2.75, 3.05) is 7.11 Å². The molecule has 1 heterocycles. The van der Waals surface area contributed by atoms with Crippen LogP contribution in [0, 0.1) is 0 Å². The van der Waals surface area contributed by atoms with Gasteiger partial charge in [0, 0.05) is 22.4 Å². The number of halogens is 1. The number of rotatable bonds is 6. The average Bonchev–Trinajstić information content (AvgIpc) is 3.20. The molecule has 1 aromatic heterocycles. The van der Waals surface area contributed by atoms with E-state index in [0.29, 0.717) is 0 Å². The Morgan fingerprint density at radius 3 is 2.79 bits per heavy atom. The third-order valence-electron chi connectivity index (χ3n) is 4.82. The van der Waals surface area contributed by atoms with Crippen LogP contribution >= 0.6 is 27.3 Å². The summed E-state index contributed by atoms with van der Waals surface area (Å²) in [6.07, 6.45) is 0. The average molecular weight is 453 g/mol. The number of fused-ring (bicyclic) bond motifs is 1. The van der Waals surface area contributed by atoms with Gasteiger partial charge >= 0.3 is 0 Å². The fourth-order valence-electron chi connectivity index (χ4n) is 3.35. The molecule has 142 valence electrons. The first-order valence-corrected chi connectivity index (χ1v) is 10.8. The minimum absolute atomic E-state index is 0.233. The number of nitrogens with zero attached hydrogens (tertiary/aromatic N) is 1. The lowest BCUT2D eigenvalue weighted by Gasteiger charge is -2.16. The molecule has 5 heteroatoms. The number of aromatic nitrogens is 1. The van der Waals surface area contributed by atoms with E-state index in [4.69, 9.17) is 9.72 Å². The first-order chi connectivity index (χ1) is 13.7. The van der Waals surface area contributed by atoms with E-state index in [1.54, 1.807) is 18.4 Å². The molecule has 0 aliphatic heterocycles. The lowest BCUT2D eigenvalue weighted by molar-refractivity contribution is 0.416. The van der Waals surface area contributed by atoms with E-state index in [1.165, 1.54) is 16.3 Å². The van der Waals surface area contributed by atoms with Crippen LogP contribution in [0.15, 0.2) is 70.5 Å². The van der Waals surface area contributed by atoms with Crippen molar-refractivity contribution in [1.29, 1.82) is 0 Å². The smallest absolute Gasteiger partial charge is 0.129 e. The van der Waals surface area contributed by atoms with E-state index in [2.05, 4.69) is 76.0 Å². The molecule has 0 aliphatic rings. The van der Waals surface area contributed by atoms with E-state index in [9.17, 15) is 0 Å².